The van der Waals surface area contributed by atoms with Crippen LogP contribution in [0, 0.1) is 40.9 Å². The predicted molar refractivity (Wildman–Crippen MR) is 99.7 cm³/mol. The molecule has 27 heavy (non-hydrogen) atoms. The van der Waals surface area contributed by atoms with Crippen molar-refractivity contribution in [1.29, 1.82) is 15.8 Å². The van der Waals surface area contributed by atoms with Gasteiger partial charge in [-0.05, 0) is 34.5 Å². The predicted octanol–water partition coefficient (Wildman–Crippen LogP) is 3.77. The van der Waals surface area contributed by atoms with E-state index in [0.29, 0.717) is 15.6 Å². The number of allylic oxidation sites excluding steroid dienone is 2. The summed E-state index contributed by atoms with van der Waals surface area (Å²) in [5.74, 6) is -0.696. The lowest BCUT2D eigenvalue weighted by Gasteiger charge is -2.23. The van der Waals surface area contributed by atoms with E-state index in [9.17, 15) is 14.9 Å². The van der Waals surface area contributed by atoms with Gasteiger partial charge in [-0.1, -0.05) is 24.3 Å². The number of nitriles is 3. The zero-order valence-electron chi connectivity index (χ0n) is 13.9. The summed E-state index contributed by atoms with van der Waals surface area (Å²) in [5.41, 5.74) is 0.947. The highest BCUT2D eigenvalue weighted by molar-refractivity contribution is 9.10. The molecular weight excluding hydrogens is 408 g/mol. The molecule has 0 fully saturated rings. The van der Waals surface area contributed by atoms with Crippen molar-refractivity contribution in [2.24, 2.45) is 0 Å². The number of benzene rings is 2. The number of fused-ring (bicyclic) bond motifs is 2. The van der Waals surface area contributed by atoms with Gasteiger partial charge in [0, 0.05) is 15.6 Å². The maximum Gasteiger partial charge on any atom is 0.196 e. The van der Waals surface area contributed by atoms with E-state index in [1.54, 1.807) is 55.5 Å². The third-order valence-electron chi connectivity index (χ3n) is 4.18. The Bertz CT molecular complexity index is 1170. The third kappa shape index (κ3) is 2.79. The van der Waals surface area contributed by atoms with Gasteiger partial charge in [-0.3, -0.25) is 9.59 Å². The van der Waals surface area contributed by atoms with Crippen molar-refractivity contribution in [2.45, 2.75) is 6.92 Å². The fourth-order valence-corrected chi connectivity index (χ4v) is 3.66. The summed E-state index contributed by atoms with van der Waals surface area (Å²) < 4.78 is 0.455. The summed E-state index contributed by atoms with van der Waals surface area (Å²) in [7, 11) is 0. The number of nitrogens with zero attached hydrogens (tertiary/aromatic N) is 3. The van der Waals surface area contributed by atoms with Gasteiger partial charge in [0.2, 0.25) is 0 Å². The van der Waals surface area contributed by atoms with E-state index >= 15 is 0 Å². The van der Waals surface area contributed by atoms with Gasteiger partial charge in [0.25, 0.3) is 0 Å². The van der Waals surface area contributed by atoms with Gasteiger partial charge >= 0.3 is 0 Å². The molecule has 6 nitrogen and oxygen atoms in total. The molecule has 0 unspecified atom stereocenters. The Morgan fingerprint density at radius 2 is 1.52 bits per heavy atom. The molecule has 7 heteroatoms. The first kappa shape index (κ1) is 18.1. The van der Waals surface area contributed by atoms with Crippen molar-refractivity contribution in [1.82, 2.24) is 0 Å². The van der Waals surface area contributed by atoms with Crippen molar-refractivity contribution in [3.63, 3.8) is 0 Å². The number of carbonyl (C=O) groups is 2. The highest BCUT2D eigenvalue weighted by Crippen LogP contribution is 2.39. The smallest absolute Gasteiger partial charge is 0.196 e. The van der Waals surface area contributed by atoms with Crippen LogP contribution in [-0.4, -0.2) is 11.6 Å². The normalized spacial score (nSPS) is 11.4. The van der Waals surface area contributed by atoms with E-state index in [-0.39, 0.29) is 39.6 Å². The molecule has 1 aliphatic carbocycles. The van der Waals surface area contributed by atoms with Crippen LogP contribution in [0.25, 0.3) is 0 Å². The van der Waals surface area contributed by atoms with Crippen LogP contribution in [0.15, 0.2) is 46.1 Å². The Morgan fingerprint density at radius 1 is 0.963 bits per heavy atom. The lowest BCUT2D eigenvalue weighted by Crippen LogP contribution is -2.23. The molecule has 0 amide bonds. The summed E-state index contributed by atoms with van der Waals surface area (Å²) >= 11 is 3.34. The van der Waals surface area contributed by atoms with Gasteiger partial charge in [-0.2, -0.15) is 15.8 Å². The van der Waals surface area contributed by atoms with Crippen LogP contribution in [0.5, 0.6) is 0 Å². The maximum absolute atomic E-state index is 13.1. The molecule has 0 saturated heterocycles. The first-order valence-corrected chi connectivity index (χ1v) is 8.47. The van der Waals surface area contributed by atoms with E-state index < -0.39 is 5.57 Å². The minimum atomic E-state index is -0.413. The molecule has 0 bridgehead atoms. The average Bonchev–Trinajstić information content (AvgIpc) is 2.67. The highest BCUT2D eigenvalue weighted by Gasteiger charge is 2.34. The standard InChI is InChI=1S/C20H9BrN4O2/c1-10-6-14(21)16-17(18(10)25-15(9-24)11(7-22)8-23)20(27)13-5-3-2-4-12(13)19(16)26/h2-6,25H,1H3. The number of aryl methyl sites for hydroxylation is 1. The molecule has 0 atom stereocenters. The van der Waals surface area contributed by atoms with Gasteiger partial charge in [-0.25, -0.2) is 0 Å². The molecule has 0 saturated carbocycles. The lowest BCUT2D eigenvalue weighted by atomic mass is 9.82. The van der Waals surface area contributed by atoms with Gasteiger partial charge in [0.05, 0.1) is 16.8 Å². The Kier molecular flexibility index (Phi) is 4.60. The van der Waals surface area contributed by atoms with Gasteiger partial charge in [-0.15, -0.1) is 0 Å². The van der Waals surface area contributed by atoms with E-state index in [1.165, 1.54) is 0 Å². The summed E-state index contributed by atoms with van der Waals surface area (Å²) in [6.45, 7) is 1.69. The van der Waals surface area contributed by atoms with Gasteiger partial charge < -0.3 is 5.32 Å². The summed E-state index contributed by atoms with van der Waals surface area (Å²) in [4.78, 5) is 26.1. The van der Waals surface area contributed by atoms with Gasteiger partial charge in [0.1, 0.15) is 23.9 Å². The Hall–Kier alpha value is -3.73. The molecule has 0 heterocycles. The second kappa shape index (κ2) is 6.88. The van der Waals surface area contributed by atoms with Crippen LogP contribution < -0.4 is 5.32 Å². The molecule has 3 rings (SSSR count). The van der Waals surface area contributed by atoms with Crippen LogP contribution >= 0.6 is 15.9 Å². The Labute approximate surface area is 163 Å². The minimum absolute atomic E-state index is 0.105. The van der Waals surface area contributed by atoms with Crippen LogP contribution in [0.4, 0.5) is 5.69 Å². The Balaban J connectivity index is 2.32. The zero-order valence-corrected chi connectivity index (χ0v) is 15.5. The Morgan fingerprint density at radius 3 is 2.04 bits per heavy atom. The fraction of sp³-hybridized carbons (Fsp3) is 0.0500. The average molecular weight is 417 g/mol. The summed E-state index contributed by atoms with van der Waals surface area (Å²) in [6.07, 6.45) is 0. The first-order valence-electron chi connectivity index (χ1n) is 7.67. The number of hydrogen-bond donors (Lipinski definition) is 1. The van der Waals surface area contributed by atoms with E-state index in [0.717, 1.165) is 0 Å². The monoisotopic (exact) mass is 416 g/mol. The summed E-state index contributed by atoms with van der Waals surface area (Å²) in [6, 6.07) is 13.2. The molecule has 2 aromatic rings. The molecule has 0 aliphatic heterocycles. The number of halogens is 1. The molecule has 0 radical (unpaired) electrons. The summed E-state index contributed by atoms with van der Waals surface area (Å²) in [5, 5.41) is 30.1. The zero-order chi connectivity index (χ0) is 19.7. The fourth-order valence-electron chi connectivity index (χ4n) is 2.94. The molecule has 1 aliphatic rings. The van der Waals surface area contributed by atoms with Crippen molar-refractivity contribution >= 4 is 33.2 Å². The molecule has 2 aromatic carbocycles. The van der Waals surface area contributed by atoms with Crippen molar-refractivity contribution in [2.75, 3.05) is 5.32 Å². The first-order chi connectivity index (χ1) is 12.9. The molecule has 128 valence electrons. The second-order valence-electron chi connectivity index (χ2n) is 5.71. The maximum atomic E-state index is 13.1. The quantitative estimate of drug-likeness (QED) is 0.635. The SMILES string of the molecule is Cc1cc(Br)c2c(c1NC(C#N)=C(C#N)C#N)C(=O)c1ccccc1C2=O. The van der Waals surface area contributed by atoms with Crippen molar-refractivity contribution in [3.05, 3.63) is 73.9 Å². The molecule has 0 aromatic heterocycles. The van der Waals surface area contributed by atoms with Crippen molar-refractivity contribution < 1.29 is 9.59 Å². The highest BCUT2D eigenvalue weighted by atomic mass is 79.9. The topological polar surface area (TPSA) is 118 Å². The van der Waals surface area contributed by atoms with Gasteiger partial charge in [0.15, 0.2) is 17.1 Å². The van der Waals surface area contributed by atoms with Crippen LogP contribution in [0.2, 0.25) is 0 Å². The number of nitrogens with one attached hydrogen (secondary N) is 1. The van der Waals surface area contributed by atoms with Crippen molar-refractivity contribution in [3.8, 4) is 18.2 Å². The number of anilines is 1. The molecule has 0 spiro atoms. The van der Waals surface area contributed by atoms with Crippen LogP contribution in [0.3, 0.4) is 0 Å². The number of ketones is 2. The number of carbonyl (C=O) groups excluding carboxylic acids is 2. The van der Waals surface area contributed by atoms with E-state index in [4.69, 9.17) is 10.5 Å². The van der Waals surface area contributed by atoms with Crippen LogP contribution in [-0.2, 0) is 0 Å². The number of rotatable bonds is 2. The van der Waals surface area contributed by atoms with Crippen LogP contribution in [0.1, 0.15) is 37.4 Å². The van der Waals surface area contributed by atoms with E-state index in [2.05, 4.69) is 21.2 Å². The number of hydrogen-bond acceptors (Lipinski definition) is 6. The minimum Gasteiger partial charge on any atom is -0.344 e. The molecule has 1 N–H and O–H groups in total. The molecular formula is C20H9BrN4O2. The second-order valence-corrected chi connectivity index (χ2v) is 6.57. The van der Waals surface area contributed by atoms with E-state index in [1.807, 2.05) is 0 Å². The largest absolute Gasteiger partial charge is 0.344 e. The lowest BCUT2D eigenvalue weighted by molar-refractivity contribution is 0.0979. The third-order valence-corrected chi connectivity index (χ3v) is 4.81.